The lowest BCUT2D eigenvalue weighted by molar-refractivity contribution is 0.0724. The fourth-order valence-corrected chi connectivity index (χ4v) is 4.07. The summed E-state index contributed by atoms with van der Waals surface area (Å²) in [5.74, 6) is 0.511. The van der Waals surface area contributed by atoms with Crippen LogP contribution in [0, 0.1) is 12.8 Å². The Morgan fingerprint density at radius 2 is 1.66 bits per heavy atom. The Kier molecular flexibility index (Phi) is 7.26. The molecule has 0 aromatic heterocycles. The third kappa shape index (κ3) is 5.57. The van der Waals surface area contributed by atoms with Gasteiger partial charge < -0.3 is 15.5 Å². The number of nitrogens with one attached hydrogen (secondary N) is 2. The maximum atomic E-state index is 12.6. The average Bonchev–Trinajstić information content (AvgIpc) is 2.73. The van der Waals surface area contributed by atoms with Gasteiger partial charge in [0.25, 0.3) is 5.91 Å². The van der Waals surface area contributed by atoms with E-state index in [-0.39, 0.29) is 11.9 Å². The molecule has 1 atom stereocenters. The van der Waals surface area contributed by atoms with Gasteiger partial charge in [-0.1, -0.05) is 38.1 Å². The summed E-state index contributed by atoms with van der Waals surface area (Å²) in [7, 11) is 0. The highest BCUT2D eigenvalue weighted by Gasteiger charge is 2.19. The highest BCUT2D eigenvalue weighted by atomic mass is 32.1. The zero-order valence-corrected chi connectivity index (χ0v) is 18.4. The van der Waals surface area contributed by atoms with Crippen molar-refractivity contribution in [2.24, 2.45) is 5.92 Å². The van der Waals surface area contributed by atoms with Gasteiger partial charge in [0.2, 0.25) is 0 Å². The SMILES string of the molecule is Cc1ccccc1[C@@H](NC(=S)Nc1ccc(C(=O)N2CCCCC2)cc1)C(C)C. The van der Waals surface area contributed by atoms with Crippen LogP contribution in [0.1, 0.15) is 60.6 Å². The van der Waals surface area contributed by atoms with E-state index in [0.717, 1.165) is 37.2 Å². The van der Waals surface area contributed by atoms with E-state index in [4.69, 9.17) is 12.2 Å². The third-order valence-electron chi connectivity index (χ3n) is 5.51. The Labute approximate surface area is 179 Å². The lowest BCUT2D eigenvalue weighted by Gasteiger charge is -2.27. The minimum Gasteiger partial charge on any atom is -0.355 e. The number of aryl methyl sites for hydroxylation is 1. The van der Waals surface area contributed by atoms with Crippen LogP contribution in [-0.4, -0.2) is 29.0 Å². The predicted molar refractivity (Wildman–Crippen MR) is 124 cm³/mol. The van der Waals surface area contributed by atoms with Crippen LogP contribution in [0.4, 0.5) is 5.69 Å². The summed E-state index contributed by atoms with van der Waals surface area (Å²) < 4.78 is 0. The number of hydrogen-bond donors (Lipinski definition) is 2. The number of carbonyl (C=O) groups is 1. The summed E-state index contributed by atoms with van der Waals surface area (Å²) in [6, 6.07) is 16.1. The van der Waals surface area contributed by atoms with Crippen LogP contribution in [0.25, 0.3) is 0 Å². The number of carbonyl (C=O) groups excluding carboxylic acids is 1. The molecule has 0 saturated carbocycles. The summed E-state index contributed by atoms with van der Waals surface area (Å²) in [6.07, 6.45) is 3.42. The molecule has 2 N–H and O–H groups in total. The molecule has 0 spiro atoms. The van der Waals surface area contributed by atoms with E-state index in [9.17, 15) is 4.79 Å². The monoisotopic (exact) mass is 409 g/mol. The van der Waals surface area contributed by atoms with E-state index < -0.39 is 0 Å². The van der Waals surface area contributed by atoms with Crippen molar-refractivity contribution in [2.75, 3.05) is 18.4 Å². The van der Waals surface area contributed by atoms with Gasteiger partial charge in [0.05, 0.1) is 6.04 Å². The van der Waals surface area contributed by atoms with Gasteiger partial charge >= 0.3 is 0 Å². The van der Waals surface area contributed by atoms with E-state index in [2.05, 4.69) is 55.7 Å². The zero-order chi connectivity index (χ0) is 20.8. The maximum absolute atomic E-state index is 12.6. The molecular weight excluding hydrogens is 378 g/mol. The quantitative estimate of drug-likeness (QED) is 0.657. The number of nitrogens with zero attached hydrogens (tertiary/aromatic N) is 1. The minimum absolute atomic E-state index is 0.122. The Hall–Kier alpha value is -2.40. The minimum atomic E-state index is 0.122. The van der Waals surface area contributed by atoms with E-state index in [1.165, 1.54) is 17.5 Å². The van der Waals surface area contributed by atoms with Gasteiger partial charge in [0, 0.05) is 24.3 Å². The average molecular weight is 410 g/mol. The molecule has 0 aliphatic carbocycles. The number of amides is 1. The molecule has 5 heteroatoms. The van der Waals surface area contributed by atoms with Gasteiger partial charge in [-0.3, -0.25) is 4.79 Å². The molecule has 0 radical (unpaired) electrons. The van der Waals surface area contributed by atoms with E-state index >= 15 is 0 Å². The van der Waals surface area contributed by atoms with Crippen molar-refractivity contribution in [3.63, 3.8) is 0 Å². The Balaban J connectivity index is 1.62. The summed E-state index contributed by atoms with van der Waals surface area (Å²) in [5, 5.41) is 7.30. The highest BCUT2D eigenvalue weighted by molar-refractivity contribution is 7.80. The van der Waals surface area contributed by atoms with Gasteiger partial charge in [0.1, 0.15) is 0 Å². The largest absolute Gasteiger partial charge is 0.355 e. The second-order valence-electron chi connectivity index (χ2n) is 8.11. The molecule has 0 bridgehead atoms. The zero-order valence-electron chi connectivity index (χ0n) is 17.6. The molecule has 1 saturated heterocycles. The molecule has 0 unspecified atom stereocenters. The summed E-state index contributed by atoms with van der Waals surface area (Å²) in [4.78, 5) is 14.6. The lowest BCUT2D eigenvalue weighted by atomic mass is 9.93. The number of piperidine rings is 1. The van der Waals surface area contributed by atoms with Gasteiger partial charge in [-0.15, -0.1) is 0 Å². The standard InChI is InChI=1S/C24H31N3OS/c1-17(2)22(21-10-6-5-9-18(21)3)26-24(29)25-20-13-11-19(12-14-20)23(28)27-15-7-4-8-16-27/h5-6,9-14,17,22H,4,7-8,15-16H2,1-3H3,(H2,25,26,29)/t22-/m0/s1. The van der Waals surface area contributed by atoms with Crippen LogP contribution in [0.2, 0.25) is 0 Å². The molecule has 4 nitrogen and oxygen atoms in total. The molecule has 154 valence electrons. The van der Waals surface area contributed by atoms with Crippen molar-refractivity contribution >= 4 is 28.9 Å². The summed E-state index contributed by atoms with van der Waals surface area (Å²) >= 11 is 5.56. The van der Waals surface area contributed by atoms with Crippen LogP contribution in [0.3, 0.4) is 0 Å². The molecule has 2 aromatic carbocycles. The first-order chi connectivity index (χ1) is 14.0. The maximum Gasteiger partial charge on any atom is 0.253 e. The number of rotatable bonds is 5. The number of anilines is 1. The van der Waals surface area contributed by atoms with Crippen LogP contribution < -0.4 is 10.6 Å². The summed E-state index contributed by atoms with van der Waals surface area (Å²) in [5.41, 5.74) is 4.12. The summed E-state index contributed by atoms with van der Waals surface area (Å²) in [6.45, 7) is 8.23. The highest BCUT2D eigenvalue weighted by Crippen LogP contribution is 2.25. The molecule has 29 heavy (non-hydrogen) atoms. The van der Waals surface area contributed by atoms with Crippen LogP contribution in [-0.2, 0) is 0 Å². The van der Waals surface area contributed by atoms with E-state index in [1.807, 2.05) is 29.2 Å². The topological polar surface area (TPSA) is 44.4 Å². The molecule has 3 rings (SSSR count). The van der Waals surface area contributed by atoms with Crippen molar-refractivity contribution in [1.82, 2.24) is 10.2 Å². The molecular formula is C24H31N3OS. The molecule has 1 aliphatic rings. The number of thiocarbonyl (C=S) groups is 1. The third-order valence-corrected chi connectivity index (χ3v) is 5.73. The Morgan fingerprint density at radius 1 is 1.00 bits per heavy atom. The van der Waals surface area contributed by atoms with Crippen molar-refractivity contribution in [3.05, 3.63) is 65.2 Å². The van der Waals surface area contributed by atoms with Gasteiger partial charge in [-0.25, -0.2) is 0 Å². The van der Waals surface area contributed by atoms with E-state index in [0.29, 0.717) is 11.0 Å². The van der Waals surface area contributed by atoms with Crippen molar-refractivity contribution in [2.45, 2.75) is 46.1 Å². The van der Waals surface area contributed by atoms with Gasteiger partial charge in [-0.2, -0.15) is 0 Å². The number of hydrogen-bond acceptors (Lipinski definition) is 2. The molecule has 1 aliphatic heterocycles. The van der Waals surface area contributed by atoms with Gasteiger partial charge in [-0.05, 0) is 79.7 Å². The van der Waals surface area contributed by atoms with Crippen LogP contribution >= 0.6 is 12.2 Å². The van der Waals surface area contributed by atoms with Crippen LogP contribution in [0.5, 0.6) is 0 Å². The smallest absolute Gasteiger partial charge is 0.253 e. The first-order valence-electron chi connectivity index (χ1n) is 10.5. The van der Waals surface area contributed by atoms with Crippen molar-refractivity contribution < 1.29 is 4.79 Å². The fraction of sp³-hybridized carbons (Fsp3) is 0.417. The second-order valence-corrected chi connectivity index (χ2v) is 8.52. The van der Waals surface area contributed by atoms with Crippen molar-refractivity contribution in [3.8, 4) is 0 Å². The normalized spacial score (nSPS) is 15.1. The first-order valence-corrected chi connectivity index (χ1v) is 10.9. The molecule has 2 aromatic rings. The molecule has 1 heterocycles. The second kappa shape index (κ2) is 9.88. The van der Waals surface area contributed by atoms with Gasteiger partial charge in [0.15, 0.2) is 5.11 Å². The Morgan fingerprint density at radius 3 is 2.28 bits per heavy atom. The van der Waals surface area contributed by atoms with Crippen molar-refractivity contribution in [1.29, 1.82) is 0 Å². The molecule has 1 fully saturated rings. The predicted octanol–water partition coefficient (Wildman–Crippen LogP) is 5.30. The Bertz CT molecular complexity index is 841. The number of benzene rings is 2. The lowest BCUT2D eigenvalue weighted by Crippen LogP contribution is -2.36. The van der Waals surface area contributed by atoms with Crippen LogP contribution in [0.15, 0.2) is 48.5 Å². The first kappa shape index (κ1) is 21.3. The molecule has 1 amide bonds. The van der Waals surface area contributed by atoms with E-state index in [1.54, 1.807) is 0 Å². The fourth-order valence-electron chi connectivity index (χ4n) is 3.82. The number of likely N-dealkylation sites (tertiary alicyclic amines) is 1.